The quantitative estimate of drug-likeness (QED) is 0.121. The number of alkyl carbamates (subject to hydrolysis) is 1. The Morgan fingerprint density at radius 3 is 2.49 bits per heavy atom. The standard InChI is InChI=1S/C49H65N5O5/c1-9-32-11-14-35-36-15-12-33(27-43(36)54(42(35)26-32)25-24-50-45(56)59-46(3,4)5)41-29-53(52-51-41)30-49(57)23-22-47(6)34(28-49)13-16-37-39-18-17-38(31(2)10-19-44(55)58-8)48(39,7)21-20-40(37)47/h1,11-12,14-15,26-27,29,31,34,37-40,57H,10,13,16-25,28,30H2,2-8H3,(H,50,56)/t31-,34?,37?,38?,39?,40?,47?,48?,49?/m1/s1. The van der Waals surface area contributed by atoms with Crippen molar-refractivity contribution >= 4 is 33.9 Å². The molecule has 0 bridgehead atoms. The van der Waals surface area contributed by atoms with Gasteiger partial charge in [-0.3, -0.25) is 4.79 Å². The average Bonchev–Trinajstić information content (AvgIpc) is 3.89. The molecule has 0 radical (unpaired) electrons. The van der Waals surface area contributed by atoms with Crippen LogP contribution in [0.5, 0.6) is 0 Å². The van der Waals surface area contributed by atoms with Gasteiger partial charge in [0.05, 0.1) is 31.0 Å². The van der Waals surface area contributed by atoms with Crippen molar-refractivity contribution in [2.24, 2.45) is 46.3 Å². The number of aliphatic hydroxyl groups is 1. The number of methoxy groups -OCH3 is 1. The number of rotatable bonds is 10. The molecule has 10 nitrogen and oxygen atoms in total. The zero-order chi connectivity index (χ0) is 41.9. The topological polar surface area (TPSA) is 121 Å². The lowest BCUT2D eigenvalue weighted by molar-refractivity contribution is -0.156. The third kappa shape index (κ3) is 7.77. The van der Waals surface area contributed by atoms with Gasteiger partial charge in [0.15, 0.2) is 0 Å². The van der Waals surface area contributed by atoms with Gasteiger partial charge in [-0.05, 0) is 150 Å². The van der Waals surface area contributed by atoms with Crippen molar-refractivity contribution in [1.82, 2.24) is 24.9 Å². The molecule has 4 aliphatic carbocycles. The van der Waals surface area contributed by atoms with E-state index in [4.69, 9.17) is 15.9 Å². The Bertz CT molecular complexity index is 2260. The van der Waals surface area contributed by atoms with E-state index in [1.165, 1.54) is 45.6 Å². The largest absolute Gasteiger partial charge is 0.469 e. The van der Waals surface area contributed by atoms with Crippen molar-refractivity contribution in [3.8, 4) is 23.6 Å². The Balaban J connectivity index is 0.955. The van der Waals surface area contributed by atoms with Crippen molar-refractivity contribution in [3.63, 3.8) is 0 Å². The first kappa shape index (κ1) is 41.4. The summed E-state index contributed by atoms with van der Waals surface area (Å²) in [5.41, 5.74) is 3.68. The first-order chi connectivity index (χ1) is 28.0. The van der Waals surface area contributed by atoms with Crippen LogP contribution in [0.2, 0.25) is 0 Å². The summed E-state index contributed by atoms with van der Waals surface area (Å²) in [4.78, 5) is 24.4. The number of carbonyl (C=O) groups is 2. The van der Waals surface area contributed by atoms with Crippen LogP contribution in [-0.2, 0) is 27.4 Å². The fourth-order valence-electron chi connectivity index (χ4n) is 13.1. The van der Waals surface area contributed by atoms with Gasteiger partial charge in [-0.1, -0.05) is 50.1 Å². The van der Waals surface area contributed by atoms with Crippen LogP contribution in [-0.4, -0.2) is 61.6 Å². The maximum atomic E-state index is 12.5. The van der Waals surface area contributed by atoms with Crippen molar-refractivity contribution in [2.45, 2.75) is 136 Å². The number of esters is 1. The van der Waals surface area contributed by atoms with Crippen molar-refractivity contribution < 1.29 is 24.2 Å². The number of fused-ring (bicyclic) bond motifs is 8. The molecule has 4 saturated carbocycles. The van der Waals surface area contributed by atoms with E-state index in [-0.39, 0.29) is 11.4 Å². The van der Waals surface area contributed by atoms with Crippen LogP contribution in [0.15, 0.2) is 42.6 Å². The number of carbonyl (C=O) groups excluding carboxylic acids is 2. The third-order valence-corrected chi connectivity index (χ3v) is 15.9. The molecule has 1 amide bonds. The average molecular weight is 804 g/mol. The summed E-state index contributed by atoms with van der Waals surface area (Å²) in [6.45, 7) is 14.4. The Morgan fingerprint density at radius 1 is 1.00 bits per heavy atom. The van der Waals surface area contributed by atoms with E-state index in [0.717, 1.165) is 76.1 Å². The molecule has 4 aromatic rings. The first-order valence-corrected chi connectivity index (χ1v) is 22.2. The third-order valence-electron chi connectivity index (χ3n) is 15.9. The minimum atomic E-state index is -0.828. The molecule has 59 heavy (non-hydrogen) atoms. The van der Waals surface area contributed by atoms with Gasteiger partial charge in [0, 0.05) is 46.9 Å². The summed E-state index contributed by atoms with van der Waals surface area (Å²) in [5, 5.41) is 26.5. The number of amides is 1. The van der Waals surface area contributed by atoms with Crippen LogP contribution in [0.3, 0.4) is 0 Å². The normalized spacial score (nSPS) is 30.9. The highest BCUT2D eigenvalue weighted by molar-refractivity contribution is 6.09. The molecule has 0 spiro atoms. The van der Waals surface area contributed by atoms with E-state index < -0.39 is 17.3 Å². The highest BCUT2D eigenvalue weighted by Gasteiger charge is 2.61. The number of nitrogens with one attached hydrogen (secondary N) is 1. The summed E-state index contributed by atoms with van der Waals surface area (Å²) in [7, 11) is 1.49. The lowest BCUT2D eigenvalue weighted by Crippen LogP contribution is -2.56. The Hall–Kier alpha value is -4.36. The van der Waals surface area contributed by atoms with Crippen LogP contribution < -0.4 is 5.32 Å². The Kier molecular flexibility index (Phi) is 10.9. The number of nitrogens with zero attached hydrogens (tertiary/aromatic N) is 4. The number of ether oxygens (including phenoxy) is 2. The van der Waals surface area contributed by atoms with E-state index in [0.29, 0.717) is 55.1 Å². The molecule has 8 unspecified atom stereocenters. The van der Waals surface area contributed by atoms with E-state index in [1.54, 1.807) is 0 Å². The second-order valence-electron chi connectivity index (χ2n) is 20.4. The lowest BCUT2D eigenvalue weighted by atomic mass is 9.43. The van der Waals surface area contributed by atoms with Gasteiger partial charge in [0.2, 0.25) is 0 Å². The van der Waals surface area contributed by atoms with Crippen molar-refractivity contribution in [2.75, 3.05) is 13.7 Å². The van der Waals surface area contributed by atoms with Crippen LogP contribution in [0.4, 0.5) is 4.79 Å². The molecule has 316 valence electrons. The number of hydrogen-bond acceptors (Lipinski definition) is 7. The Labute approximate surface area is 350 Å². The molecule has 4 aliphatic rings. The van der Waals surface area contributed by atoms with Crippen LogP contribution >= 0.6 is 0 Å². The van der Waals surface area contributed by atoms with E-state index in [9.17, 15) is 14.7 Å². The monoisotopic (exact) mass is 803 g/mol. The zero-order valence-electron chi connectivity index (χ0n) is 36.4. The summed E-state index contributed by atoms with van der Waals surface area (Å²) in [6, 6.07) is 12.4. The van der Waals surface area contributed by atoms with Crippen molar-refractivity contribution in [3.05, 3.63) is 48.2 Å². The van der Waals surface area contributed by atoms with E-state index >= 15 is 0 Å². The SMILES string of the molecule is C#Cc1ccc2c3ccc(-c4cn(CC5(O)CCC6(C)C(CCC7C6CCC6(C)C7CCC6[C@H](C)CCC(=O)OC)C5)nn4)cc3n(CCNC(=O)OC(C)(C)C)c2c1. The number of hydrogen-bond donors (Lipinski definition) is 2. The summed E-state index contributed by atoms with van der Waals surface area (Å²) in [5.74, 6) is 6.61. The highest BCUT2D eigenvalue weighted by Crippen LogP contribution is 2.69. The van der Waals surface area contributed by atoms with Gasteiger partial charge >= 0.3 is 12.1 Å². The van der Waals surface area contributed by atoms with Gasteiger partial charge in [-0.25, -0.2) is 9.48 Å². The molecule has 2 heterocycles. The summed E-state index contributed by atoms with van der Waals surface area (Å²) in [6.07, 6.45) is 19.0. The minimum absolute atomic E-state index is 0.0881. The van der Waals surface area contributed by atoms with E-state index in [2.05, 4.69) is 71.2 Å². The summed E-state index contributed by atoms with van der Waals surface area (Å²) >= 11 is 0. The molecule has 2 N–H and O–H groups in total. The summed E-state index contributed by atoms with van der Waals surface area (Å²) < 4.78 is 14.5. The second-order valence-corrected chi connectivity index (χ2v) is 20.4. The minimum Gasteiger partial charge on any atom is -0.469 e. The Morgan fingerprint density at radius 2 is 1.75 bits per heavy atom. The molecule has 4 fully saturated rings. The van der Waals surface area contributed by atoms with Gasteiger partial charge in [0.25, 0.3) is 0 Å². The van der Waals surface area contributed by atoms with Crippen molar-refractivity contribution in [1.29, 1.82) is 0 Å². The van der Waals surface area contributed by atoms with E-state index in [1.807, 2.05) is 43.8 Å². The van der Waals surface area contributed by atoms with Crippen LogP contribution in [0, 0.1) is 58.7 Å². The molecular weight excluding hydrogens is 739 g/mol. The predicted octanol–water partition coefficient (Wildman–Crippen LogP) is 9.54. The molecular formula is C49H65N5O5. The number of aromatic nitrogens is 4. The maximum Gasteiger partial charge on any atom is 0.407 e. The molecule has 8 rings (SSSR count). The predicted molar refractivity (Wildman–Crippen MR) is 231 cm³/mol. The molecule has 0 saturated heterocycles. The lowest BCUT2D eigenvalue weighted by Gasteiger charge is -2.62. The van der Waals surface area contributed by atoms with Crippen LogP contribution in [0.25, 0.3) is 33.1 Å². The smallest absolute Gasteiger partial charge is 0.407 e. The van der Waals surface area contributed by atoms with Crippen LogP contribution in [0.1, 0.15) is 118 Å². The second kappa shape index (κ2) is 15.6. The first-order valence-electron chi connectivity index (χ1n) is 22.2. The molecule has 2 aromatic heterocycles. The number of terminal acetylenes is 1. The molecule has 9 atom stereocenters. The highest BCUT2D eigenvalue weighted by atomic mass is 16.6. The van der Waals surface area contributed by atoms with Gasteiger partial charge in [0.1, 0.15) is 11.3 Å². The molecule has 10 heteroatoms. The molecule has 2 aromatic carbocycles. The fraction of sp³-hybridized carbons (Fsp3) is 0.633. The maximum absolute atomic E-state index is 12.5. The number of benzene rings is 2. The zero-order valence-corrected chi connectivity index (χ0v) is 36.4. The van der Waals surface area contributed by atoms with Gasteiger partial charge in [-0.2, -0.15) is 0 Å². The molecule has 0 aliphatic heterocycles. The van der Waals surface area contributed by atoms with Gasteiger partial charge in [-0.15, -0.1) is 11.5 Å². The fourth-order valence-corrected chi connectivity index (χ4v) is 13.1. The van der Waals surface area contributed by atoms with Gasteiger partial charge < -0.3 is 24.5 Å².